The molecule has 1 unspecified atom stereocenters. The molecule has 1 atom stereocenters. The van der Waals surface area contributed by atoms with Crippen LogP contribution in [0.3, 0.4) is 0 Å². The second kappa shape index (κ2) is 7.70. The standard InChI is InChI=1S/C18H19FN2O3/c1-11-7-8-12(2)15(9-11)21-18(24)17(23)20-10-16(22)13-5-3-4-6-14(13)19/h3-9,16,22H,10H2,1-2H3,(H,20,23)(H,21,24). The molecule has 2 aromatic carbocycles. The Morgan fingerprint density at radius 2 is 1.83 bits per heavy atom. The molecule has 3 N–H and O–H groups in total. The number of carbonyl (C=O) groups is 2. The SMILES string of the molecule is Cc1ccc(C)c(NC(=O)C(=O)NCC(O)c2ccccc2F)c1. The highest BCUT2D eigenvalue weighted by Crippen LogP contribution is 2.17. The van der Waals surface area contributed by atoms with Crippen LogP contribution in [0.15, 0.2) is 42.5 Å². The first-order chi connectivity index (χ1) is 11.4. The van der Waals surface area contributed by atoms with E-state index in [4.69, 9.17) is 0 Å². The zero-order chi connectivity index (χ0) is 17.7. The van der Waals surface area contributed by atoms with Crippen molar-refractivity contribution < 1.29 is 19.1 Å². The number of nitrogens with one attached hydrogen (secondary N) is 2. The third-order valence-electron chi connectivity index (χ3n) is 3.57. The van der Waals surface area contributed by atoms with E-state index in [9.17, 15) is 19.1 Å². The molecule has 0 aliphatic rings. The predicted octanol–water partition coefficient (Wildman–Crippen LogP) is 2.23. The molecule has 24 heavy (non-hydrogen) atoms. The first-order valence-electron chi connectivity index (χ1n) is 7.47. The Balaban J connectivity index is 1.93. The molecule has 5 nitrogen and oxygen atoms in total. The monoisotopic (exact) mass is 330 g/mol. The van der Waals surface area contributed by atoms with Gasteiger partial charge in [-0.2, -0.15) is 0 Å². The maximum Gasteiger partial charge on any atom is 0.313 e. The number of halogens is 1. The van der Waals surface area contributed by atoms with Gasteiger partial charge in [-0.25, -0.2) is 4.39 Å². The Hall–Kier alpha value is -2.73. The van der Waals surface area contributed by atoms with Crippen molar-refractivity contribution in [3.63, 3.8) is 0 Å². The summed E-state index contributed by atoms with van der Waals surface area (Å²) in [5.74, 6) is -2.31. The van der Waals surface area contributed by atoms with Gasteiger partial charge in [0.25, 0.3) is 0 Å². The van der Waals surface area contributed by atoms with Crippen LogP contribution >= 0.6 is 0 Å². The second-order valence-corrected chi connectivity index (χ2v) is 5.52. The number of hydrogen-bond donors (Lipinski definition) is 3. The lowest BCUT2D eigenvalue weighted by Crippen LogP contribution is -2.37. The predicted molar refractivity (Wildman–Crippen MR) is 88.9 cm³/mol. The quantitative estimate of drug-likeness (QED) is 0.752. The van der Waals surface area contributed by atoms with Crippen LogP contribution in [0.1, 0.15) is 22.8 Å². The van der Waals surface area contributed by atoms with Crippen molar-refractivity contribution in [1.29, 1.82) is 0 Å². The minimum absolute atomic E-state index is 0.0627. The largest absolute Gasteiger partial charge is 0.386 e. The summed E-state index contributed by atoms with van der Waals surface area (Å²) in [5, 5.41) is 14.7. The van der Waals surface area contributed by atoms with Gasteiger partial charge in [0, 0.05) is 17.8 Å². The van der Waals surface area contributed by atoms with Crippen molar-refractivity contribution in [3.05, 3.63) is 65.0 Å². The topological polar surface area (TPSA) is 78.4 Å². The zero-order valence-electron chi connectivity index (χ0n) is 13.5. The van der Waals surface area contributed by atoms with Crippen LogP contribution in [0.2, 0.25) is 0 Å². The van der Waals surface area contributed by atoms with Crippen LogP contribution in [0, 0.1) is 19.7 Å². The van der Waals surface area contributed by atoms with E-state index in [2.05, 4.69) is 10.6 Å². The lowest BCUT2D eigenvalue weighted by Gasteiger charge is -2.13. The average molecular weight is 330 g/mol. The van der Waals surface area contributed by atoms with Crippen LogP contribution in [0.25, 0.3) is 0 Å². The fourth-order valence-corrected chi connectivity index (χ4v) is 2.17. The van der Waals surface area contributed by atoms with Gasteiger partial charge in [-0.1, -0.05) is 30.3 Å². The van der Waals surface area contributed by atoms with Gasteiger partial charge in [0.15, 0.2) is 0 Å². The average Bonchev–Trinajstić information content (AvgIpc) is 2.56. The Morgan fingerprint density at radius 3 is 2.54 bits per heavy atom. The number of carbonyl (C=O) groups excluding carboxylic acids is 2. The maximum atomic E-state index is 13.5. The van der Waals surface area contributed by atoms with E-state index in [0.717, 1.165) is 11.1 Å². The summed E-state index contributed by atoms with van der Waals surface area (Å²) in [5.41, 5.74) is 2.39. The Labute approximate surface area is 139 Å². The highest BCUT2D eigenvalue weighted by atomic mass is 19.1. The summed E-state index contributed by atoms with van der Waals surface area (Å²) in [7, 11) is 0. The van der Waals surface area contributed by atoms with Gasteiger partial charge in [0.1, 0.15) is 5.82 Å². The molecule has 0 fully saturated rings. The molecular weight excluding hydrogens is 311 g/mol. The Kier molecular flexibility index (Phi) is 5.65. The second-order valence-electron chi connectivity index (χ2n) is 5.52. The van der Waals surface area contributed by atoms with Crippen molar-refractivity contribution in [2.45, 2.75) is 20.0 Å². The van der Waals surface area contributed by atoms with Crippen molar-refractivity contribution in [2.75, 3.05) is 11.9 Å². The number of anilines is 1. The van der Waals surface area contributed by atoms with Gasteiger partial charge in [-0.15, -0.1) is 0 Å². The van der Waals surface area contributed by atoms with Gasteiger partial charge in [-0.3, -0.25) is 9.59 Å². The highest BCUT2D eigenvalue weighted by Gasteiger charge is 2.18. The van der Waals surface area contributed by atoms with Gasteiger partial charge in [-0.05, 0) is 37.1 Å². The maximum absolute atomic E-state index is 13.5. The summed E-state index contributed by atoms with van der Waals surface area (Å²) in [4.78, 5) is 23.7. The van der Waals surface area contributed by atoms with Crippen LogP contribution in [-0.4, -0.2) is 23.5 Å². The summed E-state index contributed by atoms with van der Waals surface area (Å²) in [6, 6.07) is 11.2. The third-order valence-corrected chi connectivity index (χ3v) is 3.57. The number of benzene rings is 2. The molecule has 0 bridgehead atoms. The van der Waals surface area contributed by atoms with Crippen molar-refractivity contribution in [2.24, 2.45) is 0 Å². The highest BCUT2D eigenvalue weighted by molar-refractivity contribution is 6.39. The fourth-order valence-electron chi connectivity index (χ4n) is 2.17. The molecule has 0 saturated carbocycles. The van der Waals surface area contributed by atoms with Crippen LogP contribution in [0.4, 0.5) is 10.1 Å². The van der Waals surface area contributed by atoms with Gasteiger partial charge >= 0.3 is 11.8 Å². The lowest BCUT2D eigenvalue weighted by molar-refractivity contribution is -0.136. The van der Waals surface area contributed by atoms with E-state index in [1.165, 1.54) is 18.2 Å². The summed E-state index contributed by atoms with van der Waals surface area (Å²) in [6.45, 7) is 3.43. The molecule has 0 heterocycles. The Morgan fingerprint density at radius 1 is 1.12 bits per heavy atom. The zero-order valence-corrected chi connectivity index (χ0v) is 13.5. The molecule has 0 spiro atoms. The van der Waals surface area contributed by atoms with Crippen LogP contribution in [-0.2, 0) is 9.59 Å². The lowest BCUT2D eigenvalue weighted by atomic mass is 10.1. The van der Waals surface area contributed by atoms with E-state index in [1.807, 2.05) is 26.0 Å². The first kappa shape index (κ1) is 17.6. The van der Waals surface area contributed by atoms with E-state index in [0.29, 0.717) is 5.69 Å². The molecule has 2 rings (SSSR count). The number of aryl methyl sites for hydroxylation is 2. The van der Waals surface area contributed by atoms with Gasteiger partial charge in [0.05, 0.1) is 6.10 Å². The van der Waals surface area contributed by atoms with Crippen LogP contribution < -0.4 is 10.6 Å². The fraction of sp³-hybridized carbons (Fsp3) is 0.222. The minimum Gasteiger partial charge on any atom is -0.386 e. The summed E-state index contributed by atoms with van der Waals surface area (Å²) < 4.78 is 13.5. The van der Waals surface area contributed by atoms with Crippen molar-refractivity contribution >= 4 is 17.5 Å². The van der Waals surface area contributed by atoms with E-state index < -0.39 is 23.7 Å². The molecule has 0 aliphatic carbocycles. The summed E-state index contributed by atoms with van der Waals surface area (Å²) >= 11 is 0. The minimum atomic E-state index is -1.23. The first-order valence-corrected chi connectivity index (χ1v) is 7.47. The van der Waals surface area contributed by atoms with Crippen LogP contribution in [0.5, 0.6) is 0 Å². The smallest absolute Gasteiger partial charge is 0.313 e. The van der Waals surface area contributed by atoms with Crippen molar-refractivity contribution in [1.82, 2.24) is 5.32 Å². The molecule has 2 aromatic rings. The molecule has 2 amide bonds. The Bertz CT molecular complexity index is 762. The number of aliphatic hydroxyl groups is 1. The third kappa shape index (κ3) is 4.39. The molecule has 0 saturated heterocycles. The molecule has 126 valence electrons. The molecular formula is C18H19FN2O3. The van der Waals surface area contributed by atoms with Gasteiger partial charge < -0.3 is 15.7 Å². The summed E-state index contributed by atoms with van der Waals surface area (Å²) in [6.07, 6.45) is -1.23. The number of aliphatic hydroxyl groups excluding tert-OH is 1. The van der Waals surface area contributed by atoms with Crippen molar-refractivity contribution in [3.8, 4) is 0 Å². The van der Waals surface area contributed by atoms with E-state index in [1.54, 1.807) is 12.1 Å². The molecule has 0 aromatic heterocycles. The molecule has 0 radical (unpaired) electrons. The van der Waals surface area contributed by atoms with E-state index >= 15 is 0 Å². The number of rotatable bonds is 4. The van der Waals surface area contributed by atoms with Gasteiger partial charge in [0.2, 0.25) is 0 Å². The molecule has 0 aliphatic heterocycles. The molecule has 6 heteroatoms. The van der Waals surface area contributed by atoms with E-state index in [-0.39, 0.29) is 12.1 Å². The number of amides is 2. The normalized spacial score (nSPS) is 11.7. The number of hydrogen-bond acceptors (Lipinski definition) is 3.